The molecule has 0 heterocycles. The summed E-state index contributed by atoms with van der Waals surface area (Å²) < 4.78 is 0. The zero-order chi connectivity index (χ0) is 31.2. The minimum atomic E-state index is 0.426. The largest absolute Gasteiger partial charge is 0.311 e. The van der Waals surface area contributed by atoms with Crippen LogP contribution in [0.5, 0.6) is 0 Å². The van der Waals surface area contributed by atoms with Crippen LogP contribution in [0.15, 0.2) is 140 Å². The van der Waals surface area contributed by atoms with E-state index in [1.165, 1.54) is 0 Å². The molecule has 0 saturated carbocycles. The molecule has 0 spiro atoms. The second-order valence-corrected chi connectivity index (χ2v) is 10.4. The molecule has 6 aromatic rings. The number of nitrogens with zero attached hydrogens (tertiary/aromatic N) is 5. The van der Waals surface area contributed by atoms with Crippen LogP contribution in [0.3, 0.4) is 0 Å². The van der Waals surface area contributed by atoms with Gasteiger partial charge < -0.3 is 4.90 Å². The zero-order valence-electron chi connectivity index (χ0n) is 24.0. The van der Waals surface area contributed by atoms with Crippen molar-refractivity contribution >= 4 is 22.7 Å². The van der Waals surface area contributed by atoms with Crippen molar-refractivity contribution < 1.29 is 0 Å². The summed E-state index contributed by atoms with van der Waals surface area (Å²) in [6.45, 7) is 7.42. The highest BCUT2D eigenvalue weighted by molar-refractivity contribution is 5.82. The maximum Gasteiger partial charge on any atom is 0.189 e. The molecule has 0 unspecified atom stereocenters. The Morgan fingerprint density at radius 3 is 1.22 bits per heavy atom. The van der Waals surface area contributed by atoms with E-state index in [1.54, 1.807) is 36.4 Å². The van der Waals surface area contributed by atoms with Gasteiger partial charge in [0.05, 0.1) is 35.9 Å². The number of nitriles is 3. The van der Waals surface area contributed by atoms with E-state index in [9.17, 15) is 15.8 Å². The van der Waals surface area contributed by atoms with Crippen molar-refractivity contribution in [3.63, 3.8) is 0 Å². The number of benzene rings is 6. The number of hydrogen-bond donors (Lipinski definition) is 0. The minimum absolute atomic E-state index is 0.426. The molecule has 0 aliphatic heterocycles. The second-order valence-electron chi connectivity index (χ2n) is 10.4. The van der Waals surface area contributed by atoms with Crippen LogP contribution in [-0.2, 0) is 0 Å². The topological polar surface area (TPSA) is 79.0 Å². The van der Waals surface area contributed by atoms with E-state index >= 15 is 0 Å². The number of rotatable bonds is 6. The Labute approximate surface area is 262 Å². The van der Waals surface area contributed by atoms with Gasteiger partial charge in [-0.05, 0) is 106 Å². The average molecular weight is 574 g/mol. The first-order valence-corrected chi connectivity index (χ1v) is 14.1. The second kappa shape index (κ2) is 12.5. The molecule has 0 saturated heterocycles. The summed E-state index contributed by atoms with van der Waals surface area (Å²) in [5.41, 5.74) is 10.3. The fraction of sp³-hybridized carbons (Fsp3) is 0. The Kier molecular flexibility index (Phi) is 7.85. The molecule has 0 aliphatic carbocycles. The van der Waals surface area contributed by atoms with E-state index in [4.69, 9.17) is 6.57 Å². The third kappa shape index (κ3) is 6.02. The van der Waals surface area contributed by atoms with E-state index in [-0.39, 0.29) is 0 Å². The third-order valence-electron chi connectivity index (χ3n) is 7.52. The van der Waals surface area contributed by atoms with Gasteiger partial charge in [0.2, 0.25) is 0 Å². The van der Waals surface area contributed by atoms with Gasteiger partial charge in [-0.1, -0.05) is 66.7 Å². The van der Waals surface area contributed by atoms with E-state index in [2.05, 4.69) is 64.4 Å². The Hall–Kier alpha value is -6.92. The third-order valence-corrected chi connectivity index (χ3v) is 7.52. The molecule has 0 fully saturated rings. The molecular formula is C40H23N5. The van der Waals surface area contributed by atoms with Crippen molar-refractivity contribution in [2.75, 3.05) is 4.90 Å². The van der Waals surface area contributed by atoms with Gasteiger partial charge in [-0.2, -0.15) is 15.8 Å². The molecule has 0 N–H and O–H groups in total. The first-order valence-electron chi connectivity index (χ1n) is 14.1. The summed E-state index contributed by atoms with van der Waals surface area (Å²) >= 11 is 0. The summed E-state index contributed by atoms with van der Waals surface area (Å²) in [6.07, 6.45) is 0. The summed E-state index contributed by atoms with van der Waals surface area (Å²) in [5.74, 6) is 0. The first-order chi connectivity index (χ1) is 22.1. The maximum atomic E-state index is 9.45. The molecule has 5 nitrogen and oxygen atoms in total. The van der Waals surface area contributed by atoms with Gasteiger partial charge in [-0.25, -0.2) is 4.85 Å². The highest BCUT2D eigenvalue weighted by Crippen LogP contribution is 2.38. The van der Waals surface area contributed by atoms with Crippen molar-refractivity contribution in [1.82, 2.24) is 0 Å². The molecule has 6 rings (SSSR count). The predicted molar refractivity (Wildman–Crippen MR) is 178 cm³/mol. The van der Waals surface area contributed by atoms with Crippen LogP contribution in [0.4, 0.5) is 22.7 Å². The van der Waals surface area contributed by atoms with E-state index in [0.29, 0.717) is 22.4 Å². The van der Waals surface area contributed by atoms with Gasteiger partial charge in [0.1, 0.15) is 0 Å². The molecule has 0 bridgehead atoms. The molecule has 45 heavy (non-hydrogen) atoms. The average Bonchev–Trinajstić information content (AvgIpc) is 3.12. The standard InChI is InChI=1S/C40H23N5/c1-44-37-23-30(27-43)22-36(24-37)34-11-17-40(18-12-34)45(38-13-7-32(8-14-38)31-5-3-2-4-6-31)39-15-9-33(10-16-39)35-20-28(25-41)19-29(21-35)26-42/h2-24H. The molecule has 0 radical (unpaired) electrons. The lowest BCUT2D eigenvalue weighted by molar-refractivity contribution is 1.28. The van der Waals surface area contributed by atoms with Crippen molar-refractivity contribution in [2.45, 2.75) is 0 Å². The molecule has 208 valence electrons. The quantitative estimate of drug-likeness (QED) is 0.186. The van der Waals surface area contributed by atoms with Crippen LogP contribution in [0.2, 0.25) is 0 Å². The Bertz CT molecular complexity index is 1990. The summed E-state index contributed by atoms with van der Waals surface area (Å²) in [5, 5.41) is 28.3. The number of hydrogen-bond acceptors (Lipinski definition) is 4. The van der Waals surface area contributed by atoms with E-state index in [0.717, 1.165) is 50.4 Å². The van der Waals surface area contributed by atoms with Gasteiger partial charge >= 0.3 is 0 Å². The molecule has 0 amide bonds. The highest BCUT2D eigenvalue weighted by Gasteiger charge is 2.14. The Morgan fingerprint density at radius 2 is 0.800 bits per heavy atom. The normalized spacial score (nSPS) is 10.1. The summed E-state index contributed by atoms with van der Waals surface area (Å²) in [6, 6.07) is 51.5. The SMILES string of the molecule is [C-]#[N+]c1cc(C#N)cc(-c2ccc(N(c3ccc(-c4ccccc4)cc3)c3ccc(-c4cc(C#N)cc(C#N)c4)cc3)cc2)c1. The Morgan fingerprint density at radius 1 is 0.422 bits per heavy atom. The van der Waals surface area contributed by atoms with E-state index < -0.39 is 0 Å². The molecule has 6 aromatic carbocycles. The van der Waals surface area contributed by atoms with Gasteiger partial charge in [-0.15, -0.1) is 0 Å². The summed E-state index contributed by atoms with van der Waals surface area (Å²) in [7, 11) is 0. The monoisotopic (exact) mass is 573 g/mol. The van der Waals surface area contributed by atoms with Crippen molar-refractivity contribution in [2.24, 2.45) is 0 Å². The number of anilines is 3. The van der Waals surface area contributed by atoms with Crippen LogP contribution in [0.25, 0.3) is 38.2 Å². The lowest BCUT2D eigenvalue weighted by atomic mass is 9.99. The van der Waals surface area contributed by atoms with Crippen LogP contribution < -0.4 is 4.90 Å². The van der Waals surface area contributed by atoms with Crippen LogP contribution in [0, 0.1) is 40.6 Å². The lowest BCUT2D eigenvalue weighted by Gasteiger charge is -2.26. The predicted octanol–water partition coefficient (Wildman–Crippen LogP) is 10.3. The maximum absolute atomic E-state index is 9.45. The summed E-state index contributed by atoms with van der Waals surface area (Å²) in [4.78, 5) is 5.68. The van der Waals surface area contributed by atoms with Crippen LogP contribution in [-0.4, -0.2) is 0 Å². The molecular weight excluding hydrogens is 550 g/mol. The van der Waals surface area contributed by atoms with Gasteiger partial charge in [0.25, 0.3) is 0 Å². The zero-order valence-corrected chi connectivity index (χ0v) is 24.0. The van der Waals surface area contributed by atoms with Crippen molar-refractivity contribution in [1.29, 1.82) is 15.8 Å². The molecule has 5 heteroatoms. The smallest absolute Gasteiger partial charge is 0.189 e. The fourth-order valence-corrected chi connectivity index (χ4v) is 5.32. The highest BCUT2D eigenvalue weighted by atomic mass is 15.1. The fourth-order valence-electron chi connectivity index (χ4n) is 5.32. The lowest BCUT2D eigenvalue weighted by Crippen LogP contribution is -2.09. The van der Waals surface area contributed by atoms with Gasteiger partial charge in [-0.3, -0.25) is 0 Å². The Balaban J connectivity index is 1.41. The first kappa shape index (κ1) is 28.2. The van der Waals surface area contributed by atoms with Crippen LogP contribution >= 0.6 is 0 Å². The van der Waals surface area contributed by atoms with E-state index in [1.807, 2.05) is 66.7 Å². The molecule has 0 aromatic heterocycles. The van der Waals surface area contributed by atoms with Gasteiger partial charge in [0.15, 0.2) is 5.69 Å². The van der Waals surface area contributed by atoms with Crippen molar-refractivity contribution in [3.8, 4) is 51.6 Å². The molecule has 0 aliphatic rings. The molecule has 0 atom stereocenters. The van der Waals surface area contributed by atoms with Crippen LogP contribution in [0.1, 0.15) is 16.7 Å². The van der Waals surface area contributed by atoms with Crippen molar-refractivity contribution in [3.05, 3.63) is 168 Å². The minimum Gasteiger partial charge on any atom is -0.311 e. The van der Waals surface area contributed by atoms with Gasteiger partial charge in [0, 0.05) is 22.6 Å².